The van der Waals surface area contributed by atoms with Gasteiger partial charge >= 0.3 is 0 Å². The van der Waals surface area contributed by atoms with Crippen molar-refractivity contribution in [1.29, 1.82) is 0 Å². The second-order valence-electron chi connectivity index (χ2n) is 5.65. The van der Waals surface area contributed by atoms with Crippen molar-refractivity contribution in [3.63, 3.8) is 0 Å². The number of carbonyl (C=O) groups excluding carboxylic acids is 2. The van der Waals surface area contributed by atoms with Gasteiger partial charge in [-0.1, -0.05) is 32.3 Å². The molecule has 1 aliphatic rings. The van der Waals surface area contributed by atoms with E-state index in [1.54, 1.807) is 18.2 Å². The van der Waals surface area contributed by atoms with Gasteiger partial charge in [-0.15, -0.1) is 0 Å². The molecule has 1 aromatic carbocycles. The summed E-state index contributed by atoms with van der Waals surface area (Å²) < 4.78 is 5.50. The summed E-state index contributed by atoms with van der Waals surface area (Å²) in [6.45, 7) is 2.64. The summed E-state index contributed by atoms with van der Waals surface area (Å²) in [6, 6.07) is 6.95. The molecular formula is C17H24N2O3. The molecule has 0 aliphatic heterocycles. The van der Waals surface area contributed by atoms with E-state index in [0.29, 0.717) is 17.9 Å². The Kier molecular flexibility index (Phi) is 6.25. The van der Waals surface area contributed by atoms with Crippen LogP contribution < -0.4 is 15.6 Å². The molecular weight excluding hydrogens is 280 g/mol. The first-order chi connectivity index (χ1) is 10.7. The largest absolute Gasteiger partial charge is 0.494 e. The number of nitrogens with one attached hydrogen (secondary N) is 2. The van der Waals surface area contributed by atoms with Crippen molar-refractivity contribution in [3.8, 4) is 5.75 Å². The van der Waals surface area contributed by atoms with Crippen LogP contribution in [0.15, 0.2) is 24.3 Å². The predicted octanol–water partition coefficient (Wildman–Crippen LogP) is 2.82. The molecule has 2 rings (SSSR count). The highest BCUT2D eigenvalue weighted by Crippen LogP contribution is 2.23. The molecule has 22 heavy (non-hydrogen) atoms. The molecule has 5 heteroatoms. The van der Waals surface area contributed by atoms with Crippen LogP contribution in [-0.4, -0.2) is 18.4 Å². The van der Waals surface area contributed by atoms with Gasteiger partial charge < -0.3 is 4.74 Å². The van der Waals surface area contributed by atoms with Crippen LogP contribution >= 0.6 is 0 Å². The molecule has 1 fully saturated rings. The van der Waals surface area contributed by atoms with Gasteiger partial charge in [0, 0.05) is 11.5 Å². The van der Waals surface area contributed by atoms with Crippen molar-refractivity contribution in [2.45, 2.75) is 45.4 Å². The molecule has 0 unspecified atom stereocenters. The lowest BCUT2D eigenvalue weighted by molar-refractivity contribution is -0.126. The van der Waals surface area contributed by atoms with Gasteiger partial charge in [-0.2, -0.15) is 0 Å². The lowest BCUT2D eigenvalue weighted by atomic mass is 9.89. The Morgan fingerprint density at radius 3 is 2.68 bits per heavy atom. The van der Waals surface area contributed by atoms with E-state index in [-0.39, 0.29) is 17.7 Å². The topological polar surface area (TPSA) is 67.4 Å². The van der Waals surface area contributed by atoms with Crippen LogP contribution in [0.4, 0.5) is 0 Å². The summed E-state index contributed by atoms with van der Waals surface area (Å²) >= 11 is 0. The van der Waals surface area contributed by atoms with Crippen LogP contribution in [0, 0.1) is 5.92 Å². The molecule has 1 saturated carbocycles. The number of carbonyl (C=O) groups is 2. The highest BCUT2D eigenvalue weighted by Gasteiger charge is 2.21. The molecule has 1 aromatic rings. The SMILES string of the molecule is CCCOc1cccc(C(=O)NNC(=O)C2CCCCC2)c1. The molecule has 5 nitrogen and oxygen atoms in total. The van der Waals surface area contributed by atoms with Crippen molar-refractivity contribution >= 4 is 11.8 Å². The van der Waals surface area contributed by atoms with Crippen LogP contribution in [0.3, 0.4) is 0 Å². The standard InChI is InChI=1S/C17H24N2O3/c1-2-11-22-15-10-6-9-14(12-15)17(21)19-18-16(20)13-7-4-3-5-8-13/h6,9-10,12-13H,2-5,7-8,11H2,1H3,(H,18,20)(H,19,21). The quantitative estimate of drug-likeness (QED) is 0.822. The zero-order chi connectivity index (χ0) is 15.8. The van der Waals surface area contributed by atoms with E-state index in [4.69, 9.17) is 4.74 Å². The number of benzene rings is 1. The zero-order valence-electron chi connectivity index (χ0n) is 13.1. The smallest absolute Gasteiger partial charge is 0.269 e. The normalized spacial score (nSPS) is 15.1. The van der Waals surface area contributed by atoms with E-state index < -0.39 is 0 Å². The van der Waals surface area contributed by atoms with Crippen LogP contribution in [-0.2, 0) is 4.79 Å². The molecule has 120 valence electrons. The lowest BCUT2D eigenvalue weighted by Crippen LogP contribution is -2.44. The van der Waals surface area contributed by atoms with Gasteiger partial charge in [-0.05, 0) is 37.5 Å². The minimum absolute atomic E-state index is 0.0215. The van der Waals surface area contributed by atoms with Gasteiger partial charge in [0.2, 0.25) is 5.91 Å². The van der Waals surface area contributed by atoms with Gasteiger partial charge in [0.25, 0.3) is 5.91 Å². The van der Waals surface area contributed by atoms with Gasteiger partial charge in [0.05, 0.1) is 6.61 Å². The van der Waals surface area contributed by atoms with Crippen molar-refractivity contribution in [2.24, 2.45) is 5.92 Å². The maximum atomic E-state index is 12.1. The molecule has 1 aliphatic carbocycles. The molecule has 0 aromatic heterocycles. The molecule has 0 radical (unpaired) electrons. The van der Waals surface area contributed by atoms with E-state index >= 15 is 0 Å². The number of rotatable bonds is 5. The van der Waals surface area contributed by atoms with Crippen molar-refractivity contribution in [2.75, 3.05) is 6.61 Å². The summed E-state index contributed by atoms with van der Waals surface area (Å²) in [7, 11) is 0. The fourth-order valence-electron chi connectivity index (χ4n) is 2.60. The molecule has 2 amide bonds. The number of hydrogen-bond acceptors (Lipinski definition) is 3. The average Bonchev–Trinajstić information content (AvgIpc) is 2.58. The lowest BCUT2D eigenvalue weighted by Gasteiger charge is -2.20. The molecule has 0 heterocycles. The second-order valence-corrected chi connectivity index (χ2v) is 5.65. The minimum atomic E-state index is -0.328. The summed E-state index contributed by atoms with van der Waals surface area (Å²) in [5.74, 6) is 0.263. The molecule has 0 spiro atoms. The Labute approximate surface area is 131 Å². The summed E-state index contributed by atoms with van der Waals surface area (Å²) in [5.41, 5.74) is 5.49. The summed E-state index contributed by atoms with van der Waals surface area (Å²) in [4.78, 5) is 24.1. The van der Waals surface area contributed by atoms with Crippen LogP contribution in [0.5, 0.6) is 5.75 Å². The minimum Gasteiger partial charge on any atom is -0.494 e. The second kappa shape index (κ2) is 8.41. The van der Waals surface area contributed by atoms with E-state index in [9.17, 15) is 9.59 Å². The Bertz CT molecular complexity index is 510. The number of amides is 2. The maximum absolute atomic E-state index is 12.1. The zero-order valence-corrected chi connectivity index (χ0v) is 13.1. The fourth-order valence-corrected chi connectivity index (χ4v) is 2.60. The maximum Gasteiger partial charge on any atom is 0.269 e. The number of hydrazine groups is 1. The monoisotopic (exact) mass is 304 g/mol. The predicted molar refractivity (Wildman–Crippen MR) is 84.4 cm³/mol. The Morgan fingerprint density at radius 1 is 1.18 bits per heavy atom. The first-order valence-electron chi connectivity index (χ1n) is 8.03. The third kappa shape index (κ3) is 4.76. The molecule has 0 saturated heterocycles. The van der Waals surface area contributed by atoms with Crippen LogP contribution in [0.2, 0.25) is 0 Å². The van der Waals surface area contributed by atoms with E-state index in [1.807, 2.05) is 13.0 Å². The third-order valence-corrected chi connectivity index (χ3v) is 3.84. The summed E-state index contributed by atoms with van der Waals surface area (Å²) in [5, 5.41) is 0. The van der Waals surface area contributed by atoms with Crippen molar-refractivity contribution in [3.05, 3.63) is 29.8 Å². The van der Waals surface area contributed by atoms with Gasteiger partial charge in [0.15, 0.2) is 0 Å². The number of ether oxygens (including phenoxy) is 1. The Balaban J connectivity index is 1.84. The molecule has 0 atom stereocenters. The van der Waals surface area contributed by atoms with Gasteiger partial charge in [0.1, 0.15) is 5.75 Å². The van der Waals surface area contributed by atoms with Crippen molar-refractivity contribution in [1.82, 2.24) is 10.9 Å². The summed E-state index contributed by atoms with van der Waals surface area (Å²) in [6.07, 6.45) is 6.09. The Hall–Kier alpha value is -2.04. The van der Waals surface area contributed by atoms with Crippen molar-refractivity contribution < 1.29 is 14.3 Å². The highest BCUT2D eigenvalue weighted by atomic mass is 16.5. The molecule has 2 N–H and O–H groups in total. The van der Waals surface area contributed by atoms with Gasteiger partial charge in [-0.3, -0.25) is 20.4 Å². The van der Waals surface area contributed by atoms with Crippen LogP contribution in [0.25, 0.3) is 0 Å². The van der Waals surface area contributed by atoms with E-state index in [2.05, 4.69) is 10.9 Å². The fraction of sp³-hybridized carbons (Fsp3) is 0.529. The van der Waals surface area contributed by atoms with Crippen LogP contribution in [0.1, 0.15) is 55.8 Å². The third-order valence-electron chi connectivity index (χ3n) is 3.84. The van der Waals surface area contributed by atoms with Gasteiger partial charge in [-0.25, -0.2) is 0 Å². The first kappa shape index (κ1) is 16.3. The van der Waals surface area contributed by atoms with E-state index in [1.165, 1.54) is 6.42 Å². The highest BCUT2D eigenvalue weighted by molar-refractivity contribution is 5.95. The van der Waals surface area contributed by atoms with E-state index in [0.717, 1.165) is 32.1 Å². The Morgan fingerprint density at radius 2 is 1.95 bits per heavy atom. The average molecular weight is 304 g/mol. The molecule has 0 bridgehead atoms. The first-order valence-corrected chi connectivity index (χ1v) is 8.03. The number of hydrogen-bond donors (Lipinski definition) is 2.